The summed E-state index contributed by atoms with van der Waals surface area (Å²) < 4.78 is 10.1. The molecular weight excluding hydrogens is 376 g/mol. The summed E-state index contributed by atoms with van der Waals surface area (Å²) in [5.74, 6) is -1.74. The number of amides is 3. The van der Waals surface area contributed by atoms with Gasteiger partial charge in [-0.2, -0.15) is 0 Å². The maximum atomic E-state index is 12.5. The predicted octanol–water partition coefficient (Wildman–Crippen LogP) is 1.42. The van der Waals surface area contributed by atoms with Crippen LogP contribution in [0, 0.1) is 11.8 Å². The number of esters is 1. The number of ether oxygens (including phenoxy) is 2. The van der Waals surface area contributed by atoms with E-state index in [1.165, 1.54) is 6.92 Å². The second-order valence-corrected chi connectivity index (χ2v) is 7.45. The highest BCUT2D eigenvalue weighted by molar-refractivity contribution is 6.07. The van der Waals surface area contributed by atoms with Crippen molar-refractivity contribution >= 4 is 23.7 Å². The largest absolute Gasteiger partial charge is 0.497 e. The maximum Gasteiger partial charge on any atom is 0.329 e. The van der Waals surface area contributed by atoms with Crippen LogP contribution in [-0.2, 0) is 30.5 Å². The van der Waals surface area contributed by atoms with Gasteiger partial charge in [0, 0.05) is 6.54 Å². The molecule has 0 aromatic heterocycles. The highest BCUT2D eigenvalue weighted by Gasteiger charge is 2.51. The Labute approximate surface area is 169 Å². The van der Waals surface area contributed by atoms with Gasteiger partial charge in [0.2, 0.25) is 11.8 Å². The van der Waals surface area contributed by atoms with Crippen molar-refractivity contribution < 1.29 is 28.7 Å². The van der Waals surface area contributed by atoms with Crippen molar-refractivity contribution in [3.05, 3.63) is 29.8 Å². The second-order valence-electron chi connectivity index (χ2n) is 7.45. The standard InChI is InChI=1S/C21H26N2O6/c1-13(23-19(25)16-5-3-4-6-17(16)20(23)26)21(27)29-12-18(24)22-11-14-7-9-15(28-2)10-8-14/h7-10,13,16-17H,3-6,11-12H2,1-2H3,(H,22,24)/t13-,16-,17+/m0/s1. The Morgan fingerprint density at radius 3 is 2.24 bits per heavy atom. The third-order valence-electron chi connectivity index (χ3n) is 5.60. The molecule has 8 nitrogen and oxygen atoms in total. The summed E-state index contributed by atoms with van der Waals surface area (Å²) in [4.78, 5) is 50.4. The fourth-order valence-corrected chi connectivity index (χ4v) is 3.93. The minimum atomic E-state index is -1.03. The van der Waals surface area contributed by atoms with Gasteiger partial charge in [0.25, 0.3) is 5.91 Å². The molecule has 1 saturated carbocycles. The number of hydrogen-bond acceptors (Lipinski definition) is 6. The van der Waals surface area contributed by atoms with Crippen LogP contribution in [0.15, 0.2) is 24.3 Å². The Bertz CT molecular complexity index is 767. The lowest BCUT2D eigenvalue weighted by molar-refractivity contribution is -0.159. The monoisotopic (exact) mass is 402 g/mol. The number of imide groups is 1. The van der Waals surface area contributed by atoms with Crippen molar-refractivity contribution in [2.24, 2.45) is 11.8 Å². The summed E-state index contributed by atoms with van der Waals surface area (Å²) in [5, 5.41) is 2.65. The van der Waals surface area contributed by atoms with E-state index < -0.39 is 24.5 Å². The summed E-state index contributed by atoms with van der Waals surface area (Å²) in [7, 11) is 1.57. The van der Waals surface area contributed by atoms with Crippen molar-refractivity contribution in [2.45, 2.75) is 45.2 Å². The molecule has 1 heterocycles. The zero-order chi connectivity index (χ0) is 21.0. The van der Waals surface area contributed by atoms with E-state index in [0.29, 0.717) is 18.6 Å². The van der Waals surface area contributed by atoms with Gasteiger partial charge in [-0.05, 0) is 37.5 Å². The molecule has 8 heteroatoms. The fraction of sp³-hybridized carbons (Fsp3) is 0.524. The zero-order valence-corrected chi connectivity index (χ0v) is 16.7. The summed E-state index contributed by atoms with van der Waals surface area (Å²) in [6.45, 7) is 1.27. The minimum absolute atomic E-state index is 0.280. The van der Waals surface area contributed by atoms with Gasteiger partial charge in [0.1, 0.15) is 11.8 Å². The van der Waals surface area contributed by atoms with E-state index in [1.807, 2.05) is 12.1 Å². The van der Waals surface area contributed by atoms with Crippen LogP contribution in [0.2, 0.25) is 0 Å². The number of carbonyl (C=O) groups is 4. The van der Waals surface area contributed by atoms with Crippen LogP contribution in [0.5, 0.6) is 5.75 Å². The normalized spacial score (nSPS) is 22.1. The lowest BCUT2D eigenvalue weighted by Crippen LogP contribution is -2.45. The number of nitrogens with one attached hydrogen (secondary N) is 1. The number of methoxy groups -OCH3 is 1. The van der Waals surface area contributed by atoms with Gasteiger partial charge in [-0.25, -0.2) is 4.79 Å². The number of carbonyl (C=O) groups excluding carboxylic acids is 4. The Morgan fingerprint density at radius 2 is 1.69 bits per heavy atom. The average Bonchev–Trinajstić information content (AvgIpc) is 3.00. The first-order valence-electron chi connectivity index (χ1n) is 9.85. The molecule has 3 atom stereocenters. The maximum absolute atomic E-state index is 12.5. The molecule has 3 amide bonds. The first-order chi connectivity index (χ1) is 13.9. The molecule has 1 aliphatic heterocycles. The van der Waals surface area contributed by atoms with Crippen molar-refractivity contribution in [1.82, 2.24) is 10.2 Å². The number of likely N-dealkylation sites (tertiary alicyclic amines) is 1. The van der Waals surface area contributed by atoms with Crippen LogP contribution < -0.4 is 10.1 Å². The van der Waals surface area contributed by atoms with Gasteiger partial charge in [-0.3, -0.25) is 19.3 Å². The van der Waals surface area contributed by atoms with Crippen LogP contribution in [0.3, 0.4) is 0 Å². The molecule has 1 aromatic carbocycles. The topological polar surface area (TPSA) is 102 Å². The van der Waals surface area contributed by atoms with Crippen molar-refractivity contribution in [2.75, 3.05) is 13.7 Å². The molecule has 29 heavy (non-hydrogen) atoms. The van der Waals surface area contributed by atoms with E-state index in [0.717, 1.165) is 23.3 Å². The van der Waals surface area contributed by atoms with Gasteiger partial charge < -0.3 is 14.8 Å². The molecule has 0 spiro atoms. The van der Waals surface area contributed by atoms with Crippen LogP contribution in [-0.4, -0.2) is 48.3 Å². The zero-order valence-electron chi connectivity index (χ0n) is 16.7. The predicted molar refractivity (Wildman–Crippen MR) is 103 cm³/mol. The molecule has 1 N–H and O–H groups in total. The number of benzene rings is 1. The minimum Gasteiger partial charge on any atom is -0.497 e. The van der Waals surface area contributed by atoms with Gasteiger partial charge >= 0.3 is 5.97 Å². The van der Waals surface area contributed by atoms with Gasteiger partial charge in [-0.1, -0.05) is 25.0 Å². The molecule has 0 radical (unpaired) electrons. The first kappa shape index (κ1) is 20.8. The highest BCUT2D eigenvalue weighted by Crippen LogP contribution is 2.38. The SMILES string of the molecule is COc1ccc(CNC(=O)COC(=O)[C@H](C)N2C(=O)[C@H]3CCCC[C@H]3C2=O)cc1. The third-order valence-corrected chi connectivity index (χ3v) is 5.60. The number of rotatable bonds is 7. The molecule has 1 aromatic rings. The molecule has 156 valence electrons. The summed E-state index contributed by atoms with van der Waals surface area (Å²) in [5.41, 5.74) is 0.870. The highest BCUT2D eigenvalue weighted by atomic mass is 16.5. The van der Waals surface area contributed by atoms with Crippen LogP contribution in [0.25, 0.3) is 0 Å². The van der Waals surface area contributed by atoms with Crippen LogP contribution >= 0.6 is 0 Å². The molecule has 1 aliphatic carbocycles. The number of fused-ring (bicyclic) bond motifs is 1. The molecule has 2 aliphatic rings. The Balaban J connectivity index is 1.47. The van der Waals surface area contributed by atoms with Gasteiger partial charge in [0.05, 0.1) is 18.9 Å². The smallest absolute Gasteiger partial charge is 0.329 e. The van der Waals surface area contributed by atoms with Crippen molar-refractivity contribution in [3.8, 4) is 5.75 Å². The number of hydrogen-bond donors (Lipinski definition) is 1. The second kappa shape index (κ2) is 9.07. The van der Waals surface area contributed by atoms with E-state index >= 15 is 0 Å². The van der Waals surface area contributed by atoms with Gasteiger partial charge in [0.15, 0.2) is 6.61 Å². The van der Waals surface area contributed by atoms with Crippen molar-refractivity contribution in [1.29, 1.82) is 0 Å². The third kappa shape index (κ3) is 4.58. The van der Waals surface area contributed by atoms with E-state index in [1.54, 1.807) is 19.2 Å². The van der Waals surface area contributed by atoms with E-state index in [4.69, 9.17) is 9.47 Å². The Kier molecular flexibility index (Phi) is 6.51. The average molecular weight is 402 g/mol. The molecule has 3 rings (SSSR count). The molecule has 0 unspecified atom stereocenters. The lowest BCUT2D eigenvalue weighted by atomic mass is 9.81. The van der Waals surface area contributed by atoms with E-state index in [-0.39, 0.29) is 30.2 Å². The van der Waals surface area contributed by atoms with Crippen molar-refractivity contribution in [3.63, 3.8) is 0 Å². The van der Waals surface area contributed by atoms with Gasteiger partial charge in [-0.15, -0.1) is 0 Å². The molecule has 1 saturated heterocycles. The summed E-state index contributed by atoms with van der Waals surface area (Å²) in [6.07, 6.45) is 3.20. The Morgan fingerprint density at radius 1 is 1.10 bits per heavy atom. The van der Waals surface area contributed by atoms with E-state index in [9.17, 15) is 19.2 Å². The summed E-state index contributed by atoms with van der Waals surface area (Å²) in [6, 6.07) is 6.17. The summed E-state index contributed by atoms with van der Waals surface area (Å²) >= 11 is 0. The number of nitrogens with zero attached hydrogens (tertiary/aromatic N) is 1. The molecule has 0 bridgehead atoms. The van der Waals surface area contributed by atoms with Crippen LogP contribution in [0.1, 0.15) is 38.2 Å². The fourth-order valence-electron chi connectivity index (χ4n) is 3.93. The van der Waals surface area contributed by atoms with E-state index in [2.05, 4.69) is 5.32 Å². The molecular formula is C21H26N2O6. The quantitative estimate of drug-likeness (QED) is 0.547. The van der Waals surface area contributed by atoms with Crippen LogP contribution in [0.4, 0.5) is 0 Å². The first-order valence-corrected chi connectivity index (χ1v) is 9.85. The molecule has 2 fully saturated rings. The lowest BCUT2D eigenvalue weighted by Gasteiger charge is -2.21. The Hall–Kier alpha value is -2.90.